The Labute approximate surface area is 151 Å². The minimum absolute atomic E-state index is 0.428. The molecule has 0 aliphatic rings. The summed E-state index contributed by atoms with van der Waals surface area (Å²) in [7, 11) is 0. The maximum atomic E-state index is 13.3. The summed E-state index contributed by atoms with van der Waals surface area (Å²) in [6.45, 7) is 2.56. The average molecular weight is 354 g/mol. The van der Waals surface area contributed by atoms with Crippen LogP contribution >= 0.6 is 0 Å². The molecule has 1 aromatic heterocycles. The number of nitrogens with one attached hydrogen (secondary N) is 2. The van der Waals surface area contributed by atoms with Crippen molar-refractivity contribution in [2.45, 2.75) is 19.8 Å². The molecular formula is C20H20F2N4. The van der Waals surface area contributed by atoms with E-state index in [-0.39, 0.29) is 0 Å². The topological polar surface area (TPSA) is 49.8 Å². The number of halogens is 2. The Kier molecular flexibility index (Phi) is 5.73. The standard InChI is InChI=1S/C20H20F2N4/c1-14-24-19(23-11-5-8-15-6-3-2-4-7-15)13-20(25-14)26-16-9-10-17(21)18(22)12-16/h2-4,6-7,9-10,12-13H,5,8,11H2,1H3,(H2,23,24,25,26). The molecule has 0 aliphatic carbocycles. The van der Waals surface area contributed by atoms with Gasteiger partial charge in [0.2, 0.25) is 0 Å². The van der Waals surface area contributed by atoms with Crippen LogP contribution in [0.3, 0.4) is 0 Å². The summed E-state index contributed by atoms with van der Waals surface area (Å²) in [5, 5.41) is 6.25. The van der Waals surface area contributed by atoms with Gasteiger partial charge in [0, 0.05) is 24.4 Å². The molecule has 0 fully saturated rings. The van der Waals surface area contributed by atoms with Gasteiger partial charge >= 0.3 is 0 Å². The van der Waals surface area contributed by atoms with Gasteiger partial charge in [0.25, 0.3) is 0 Å². The van der Waals surface area contributed by atoms with E-state index in [1.54, 1.807) is 13.0 Å². The molecule has 0 radical (unpaired) electrons. The van der Waals surface area contributed by atoms with E-state index in [1.807, 2.05) is 18.2 Å². The summed E-state index contributed by atoms with van der Waals surface area (Å²) in [6, 6.07) is 15.7. The van der Waals surface area contributed by atoms with Gasteiger partial charge < -0.3 is 10.6 Å². The molecule has 0 aliphatic heterocycles. The predicted octanol–water partition coefficient (Wildman–Crippen LogP) is 4.85. The lowest BCUT2D eigenvalue weighted by atomic mass is 10.1. The molecule has 0 amide bonds. The van der Waals surface area contributed by atoms with E-state index >= 15 is 0 Å². The van der Waals surface area contributed by atoms with Gasteiger partial charge in [-0.15, -0.1) is 0 Å². The zero-order valence-corrected chi connectivity index (χ0v) is 14.5. The molecule has 3 aromatic rings. The smallest absolute Gasteiger partial charge is 0.160 e. The molecule has 2 aromatic carbocycles. The molecule has 0 spiro atoms. The first-order chi connectivity index (χ1) is 12.6. The van der Waals surface area contributed by atoms with Crippen molar-refractivity contribution < 1.29 is 8.78 Å². The normalized spacial score (nSPS) is 10.6. The molecule has 0 saturated heterocycles. The van der Waals surface area contributed by atoms with Crippen molar-refractivity contribution in [2.24, 2.45) is 0 Å². The molecule has 0 saturated carbocycles. The Morgan fingerprint density at radius 1 is 0.885 bits per heavy atom. The highest BCUT2D eigenvalue weighted by atomic mass is 19.2. The van der Waals surface area contributed by atoms with Crippen molar-refractivity contribution in [3.05, 3.63) is 77.6 Å². The van der Waals surface area contributed by atoms with Crippen molar-refractivity contribution in [1.29, 1.82) is 0 Å². The third-order valence-corrected chi connectivity index (χ3v) is 3.82. The predicted molar refractivity (Wildman–Crippen MR) is 99.7 cm³/mol. The molecule has 0 unspecified atom stereocenters. The van der Waals surface area contributed by atoms with Gasteiger partial charge in [-0.25, -0.2) is 18.7 Å². The van der Waals surface area contributed by atoms with Crippen LogP contribution in [0.15, 0.2) is 54.6 Å². The summed E-state index contributed by atoms with van der Waals surface area (Å²) >= 11 is 0. The number of rotatable bonds is 7. The summed E-state index contributed by atoms with van der Waals surface area (Å²) < 4.78 is 26.3. The Morgan fingerprint density at radius 3 is 2.42 bits per heavy atom. The molecule has 4 nitrogen and oxygen atoms in total. The summed E-state index contributed by atoms with van der Waals surface area (Å²) in [4.78, 5) is 8.63. The minimum Gasteiger partial charge on any atom is -0.370 e. The summed E-state index contributed by atoms with van der Waals surface area (Å²) in [5.41, 5.74) is 1.73. The Balaban J connectivity index is 1.59. The van der Waals surface area contributed by atoms with Crippen LogP contribution in [0, 0.1) is 18.6 Å². The second-order valence-electron chi connectivity index (χ2n) is 5.96. The monoisotopic (exact) mass is 354 g/mol. The van der Waals surface area contributed by atoms with Crippen LogP contribution in [-0.2, 0) is 6.42 Å². The maximum absolute atomic E-state index is 13.3. The first-order valence-corrected chi connectivity index (χ1v) is 8.46. The highest BCUT2D eigenvalue weighted by Crippen LogP contribution is 2.19. The minimum atomic E-state index is -0.903. The van der Waals surface area contributed by atoms with Gasteiger partial charge in [-0.05, 0) is 37.5 Å². The number of aryl methyl sites for hydroxylation is 2. The Morgan fingerprint density at radius 2 is 1.65 bits per heavy atom. The summed E-state index contributed by atoms with van der Waals surface area (Å²) in [6.07, 6.45) is 1.96. The fourth-order valence-corrected chi connectivity index (χ4v) is 2.60. The van der Waals surface area contributed by atoms with E-state index in [2.05, 4.69) is 32.7 Å². The number of nitrogens with zero attached hydrogens (tertiary/aromatic N) is 2. The number of benzene rings is 2. The fourth-order valence-electron chi connectivity index (χ4n) is 2.60. The van der Waals surface area contributed by atoms with Crippen molar-refractivity contribution in [3.63, 3.8) is 0 Å². The van der Waals surface area contributed by atoms with Crippen LogP contribution in [0.1, 0.15) is 17.8 Å². The molecule has 134 valence electrons. The Bertz CT molecular complexity index is 869. The van der Waals surface area contributed by atoms with Gasteiger partial charge in [-0.1, -0.05) is 30.3 Å². The van der Waals surface area contributed by atoms with Gasteiger partial charge in [0.05, 0.1) is 0 Å². The largest absolute Gasteiger partial charge is 0.370 e. The van der Waals surface area contributed by atoms with Crippen LogP contribution < -0.4 is 10.6 Å². The second-order valence-corrected chi connectivity index (χ2v) is 5.96. The first-order valence-electron chi connectivity index (χ1n) is 8.46. The van der Waals surface area contributed by atoms with E-state index in [4.69, 9.17) is 0 Å². The van der Waals surface area contributed by atoms with E-state index in [0.29, 0.717) is 23.1 Å². The highest BCUT2D eigenvalue weighted by Gasteiger charge is 2.06. The number of hydrogen-bond acceptors (Lipinski definition) is 4. The Hall–Kier alpha value is -3.02. The van der Waals surface area contributed by atoms with E-state index in [0.717, 1.165) is 31.5 Å². The zero-order chi connectivity index (χ0) is 18.4. The highest BCUT2D eigenvalue weighted by molar-refractivity contribution is 5.59. The van der Waals surface area contributed by atoms with Crippen LogP contribution in [-0.4, -0.2) is 16.5 Å². The SMILES string of the molecule is Cc1nc(NCCCc2ccccc2)cc(Nc2ccc(F)c(F)c2)n1. The number of anilines is 3. The lowest BCUT2D eigenvalue weighted by Gasteiger charge is -2.10. The van der Waals surface area contributed by atoms with Crippen LogP contribution in [0.4, 0.5) is 26.1 Å². The molecule has 0 atom stereocenters. The average Bonchev–Trinajstić information content (AvgIpc) is 2.62. The quantitative estimate of drug-likeness (QED) is 0.596. The van der Waals surface area contributed by atoms with E-state index in [1.165, 1.54) is 11.6 Å². The van der Waals surface area contributed by atoms with Crippen LogP contribution in [0.2, 0.25) is 0 Å². The molecular weight excluding hydrogens is 334 g/mol. The molecule has 1 heterocycles. The molecule has 3 rings (SSSR count). The third kappa shape index (κ3) is 4.99. The van der Waals surface area contributed by atoms with Crippen molar-refractivity contribution in [3.8, 4) is 0 Å². The second kappa shape index (κ2) is 8.38. The summed E-state index contributed by atoms with van der Waals surface area (Å²) in [5.74, 6) is 0.0167. The number of aromatic nitrogens is 2. The lowest BCUT2D eigenvalue weighted by Crippen LogP contribution is -2.07. The van der Waals surface area contributed by atoms with Gasteiger partial charge in [0.1, 0.15) is 17.5 Å². The molecule has 26 heavy (non-hydrogen) atoms. The zero-order valence-electron chi connectivity index (χ0n) is 14.5. The van der Waals surface area contributed by atoms with Crippen molar-refractivity contribution in [2.75, 3.05) is 17.2 Å². The molecule has 0 bridgehead atoms. The van der Waals surface area contributed by atoms with Crippen LogP contribution in [0.5, 0.6) is 0 Å². The van der Waals surface area contributed by atoms with Gasteiger partial charge in [0.15, 0.2) is 11.6 Å². The van der Waals surface area contributed by atoms with E-state index in [9.17, 15) is 8.78 Å². The molecule has 6 heteroatoms. The maximum Gasteiger partial charge on any atom is 0.160 e. The lowest BCUT2D eigenvalue weighted by molar-refractivity contribution is 0.509. The van der Waals surface area contributed by atoms with Gasteiger partial charge in [-0.3, -0.25) is 0 Å². The molecule has 2 N–H and O–H groups in total. The fraction of sp³-hybridized carbons (Fsp3) is 0.200. The van der Waals surface area contributed by atoms with Gasteiger partial charge in [-0.2, -0.15) is 0 Å². The van der Waals surface area contributed by atoms with Crippen molar-refractivity contribution >= 4 is 17.3 Å². The first kappa shape index (κ1) is 17.8. The van der Waals surface area contributed by atoms with E-state index < -0.39 is 11.6 Å². The third-order valence-electron chi connectivity index (χ3n) is 3.82. The van der Waals surface area contributed by atoms with Crippen LogP contribution in [0.25, 0.3) is 0 Å². The number of hydrogen-bond donors (Lipinski definition) is 2. The van der Waals surface area contributed by atoms with Crippen molar-refractivity contribution in [1.82, 2.24) is 9.97 Å².